The number of esters is 1. The number of rotatable bonds is 4. The van der Waals surface area contributed by atoms with E-state index in [2.05, 4.69) is 37.2 Å². The molecule has 0 saturated heterocycles. The molecule has 0 amide bonds. The lowest BCUT2D eigenvalue weighted by Gasteiger charge is -2.27. The molecule has 0 saturated carbocycles. The molecule has 0 spiro atoms. The Labute approximate surface area is 133 Å². The van der Waals surface area contributed by atoms with Gasteiger partial charge in [-0.2, -0.15) is 0 Å². The molecule has 1 aromatic heterocycles. The molecule has 0 bridgehead atoms. The Morgan fingerprint density at radius 1 is 1.25 bits per heavy atom. The lowest BCUT2D eigenvalue weighted by Crippen LogP contribution is -2.41. The van der Waals surface area contributed by atoms with E-state index < -0.39 is 11.5 Å². The third-order valence-electron chi connectivity index (χ3n) is 2.92. The highest BCUT2D eigenvalue weighted by Crippen LogP contribution is 2.33. The van der Waals surface area contributed by atoms with Crippen LogP contribution in [-0.4, -0.2) is 13.1 Å². The van der Waals surface area contributed by atoms with Gasteiger partial charge in [-0.25, -0.2) is 4.79 Å². The van der Waals surface area contributed by atoms with Crippen LogP contribution in [0.25, 0.3) is 0 Å². The van der Waals surface area contributed by atoms with Gasteiger partial charge in [-0.05, 0) is 63.0 Å². The van der Waals surface area contributed by atoms with Crippen molar-refractivity contribution in [2.24, 2.45) is 0 Å². The van der Waals surface area contributed by atoms with Crippen molar-refractivity contribution in [2.75, 3.05) is 12.4 Å². The molecule has 0 aliphatic heterocycles. The van der Waals surface area contributed by atoms with Crippen LogP contribution in [0.4, 0.5) is 5.69 Å². The number of nitrogens with one attached hydrogen (secondary N) is 1. The zero-order chi connectivity index (χ0) is 14.8. The highest BCUT2D eigenvalue weighted by Gasteiger charge is 2.40. The molecule has 1 unspecified atom stereocenters. The minimum Gasteiger partial charge on any atom is -0.467 e. The molecule has 20 heavy (non-hydrogen) atoms. The highest BCUT2D eigenvalue weighted by atomic mass is 79.9. The molecule has 106 valence electrons. The summed E-state index contributed by atoms with van der Waals surface area (Å²) in [6.07, 6.45) is 0. The lowest BCUT2D eigenvalue weighted by molar-refractivity contribution is -0.146. The van der Waals surface area contributed by atoms with Gasteiger partial charge in [-0.1, -0.05) is 12.1 Å². The maximum atomic E-state index is 12.2. The Morgan fingerprint density at radius 3 is 2.50 bits per heavy atom. The number of hydrogen-bond acceptors (Lipinski definition) is 4. The summed E-state index contributed by atoms with van der Waals surface area (Å²) in [6.45, 7) is 1.71. The number of carbonyl (C=O) groups excluding carboxylic acids is 1. The van der Waals surface area contributed by atoms with Crippen LogP contribution in [0.15, 0.2) is 50.0 Å². The monoisotopic (exact) mass is 401 g/mol. The van der Waals surface area contributed by atoms with E-state index in [4.69, 9.17) is 9.15 Å². The molecule has 1 heterocycles. The van der Waals surface area contributed by atoms with Gasteiger partial charge in [0.15, 0.2) is 10.2 Å². The number of halogens is 2. The number of methoxy groups -OCH3 is 1. The number of benzene rings is 1. The largest absolute Gasteiger partial charge is 0.467 e. The molecule has 0 radical (unpaired) electrons. The van der Waals surface area contributed by atoms with E-state index in [9.17, 15) is 4.79 Å². The minimum absolute atomic E-state index is 0.435. The topological polar surface area (TPSA) is 51.5 Å². The Kier molecular flexibility index (Phi) is 4.55. The van der Waals surface area contributed by atoms with E-state index in [0.29, 0.717) is 10.4 Å². The van der Waals surface area contributed by atoms with Crippen molar-refractivity contribution in [3.05, 3.63) is 51.3 Å². The van der Waals surface area contributed by atoms with Crippen molar-refractivity contribution in [1.29, 1.82) is 0 Å². The lowest BCUT2D eigenvalue weighted by atomic mass is 9.98. The van der Waals surface area contributed by atoms with Crippen LogP contribution in [0.3, 0.4) is 0 Å². The summed E-state index contributed by atoms with van der Waals surface area (Å²) in [4.78, 5) is 12.2. The first-order chi connectivity index (χ1) is 9.47. The average molecular weight is 403 g/mol. The van der Waals surface area contributed by atoms with Crippen LogP contribution in [-0.2, 0) is 15.1 Å². The van der Waals surface area contributed by atoms with Crippen LogP contribution in [0.1, 0.15) is 12.7 Å². The second-order valence-corrected chi connectivity index (χ2v) is 5.96. The molecule has 6 heteroatoms. The molecule has 2 aromatic rings. The third kappa shape index (κ3) is 2.91. The van der Waals surface area contributed by atoms with E-state index in [0.717, 1.165) is 10.2 Å². The van der Waals surface area contributed by atoms with Gasteiger partial charge in [-0.15, -0.1) is 0 Å². The summed E-state index contributed by atoms with van der Waals surface area (Å²) in [7, 11) is 1.35. The SMILES string of the molecule is COC(=O)C(C)(Nc1ccccc1Br)c1ccc(Br)o1. The minimum atomic E-state index is -1.12. The number of furan rings is 1. The number of hydrogen-bond donors (Lipinski definition) is 1. The Bertz CT molecular complexity index is 626. The Morgan fingerprint density at radius 2 is 1.95 bits per heavy atom. The fraction of sp³-hybridized carbons (Fsp3) is 0.214. The van der Waals surface area contributed by atoms with Crippen molar-refractivity contribution in [2.45, 2.75) is 12.5 Å². The first kappa shape index (κ1) is 15.1. The fourth-order valence-corrected chi connectivity index (χ4v) is 2.52. The second-order valence-electron chi connectivity index (χ2n) is 4.33. The van der Waals surface area contributed by atoms with E-state index in [1.54, 1.807) is 19.1 Å². The van der Waals surface area contributed by atoms with Gasteiger partial charge in [0.05, 0.1) is 7.11 Å². The van der Waals surface area contributed by atoms with Crippen LogP contribution in [0.2, 0.25) is 0 Å². The predicted octanol–water partition coefficient (Wildman–Crippen LogP) is 4.30. The van der Waals surface area contributed by atoms with E-state index in [1.807, 2.05) is 24.3 Å². The third-order valence-corrected chi connectivity index (χ3v) is 4.04. The summed E-state index contributed by atoms with van der Waals surface area (Å²) in [5, 5.41) is 3.17. The molecule has 0 aliphatic rings. The maximum absolute atomic E-state index is 12.2. The highest BCUT2D eigenvalue weighted by molar-refractivity contribution is 9.10. The van der Waals surface area contributed by atoms with Gasteiger partial charge in [0, 0.05) is 10.2 Å². The van der Waals surface area contributed by atoms with Crippen LogP contribution in [0, 0.1) is 0 Å². The molecule has 1 aromatic carbocycles. The van der Waals surface area contributed by atoms with Gasteiger partial charge in [0.2, 0.25) is 0 Å². The Balaban J connectivity index is 2.43. The van der Waals surface area contributed by atoms with E-state index in [1.165, 1.54) is 7.11 Å². The summed E-state index contributed by atoms with van der Waals surface area (Å²) >= 11 is 6.68. The molecule has 4 nitrogen and oxygen atoms in total. The van der Waals surface area contributed by atoms with Gasteiger partial charge < -0.3 is 14.5 Å². The molecule has 0 aliphatic carbocycles. The molecule has 1 atom stereocenters. The van der Waals surface area contributed by atoms with Crippen LogP contribution in [0.5, 0.6) is 0 Å². The molecular formula is C14H13Br2NO3. The molecule has 1 N–H and O–H groups in total. The van der Waals surface area contributed by atoms with E-state index >= 15 is 0 Å². The smallest absolute Gasteiger partial charge is 0.339 e. The summed E-state index contributed by atoms with van der Waals surface area (Å²) in [5.41, 5.74) is -0.349. The maximum Gasteiger partial charge on any atom is 0.339 e. The molecular weight excluding hydrogens is 390 g/mol. The second kappa shape index (κ2) is 6.01. The summed E-state index contributed by atoms with van der Waals surface area (Å²) in [5.74, 6) is 0.0297. The van der Waals surface area contributed by atoms with Crippen molar-refractivity contribution in [3.63, 3.8) is 0 Å². The summed E-state index contributed by atoms with van der Waals surface area (Å²) in [6, 6.07) is 11.0. The number of anilines is 1. The van der Waals surface area contributed by atoms with Gasteiger partial charge in [0.1, 0.15) is 5.76 Å². The quantitative estimate of drug-likeness (QED) is 0.774. The van der Waals surface area contributed by atoms with Gasteiger partial charge >= 0.3 is 5.97 Å². The number of carbonyl (C=O) groups is 1. The zero-order valence-corrected chi connectivity index (χ0v) is 14.1. The Hall–Kier alpha value is -1.27. The van der Waals surface area contributed by atoms with Crippen LogP contribution >= 0.6 is 31.9 Å². The first-order valence-electron chi connectivity index (χ1n) is 5.84. The molecule has 0 fully saturated rings. The van der Waals surface area contributed by atoms with Crippen molar-refractivity contribution in [3.8, 4) is 0 Å². The van der Waals surface area contributed by atoms with Crippen molar-refractivity contribution < 1.29 is 13.9 Å². The van der Waals surface area contributed by atoms with Gasteiger partial charge in [-0.3, -0.25) is 0 Å². The fourth-order valence-electron chi connectivity index (χ4n) is 1.83. The average Bonchev–Trinajstić information content (AvgIpc) is 2.87. The standard InChI is InChI=1S/C14H13Br2NO3/c1-14(13(18)19-2,11-7-8-12(16)20-11)17-10-6-4-3-5-9(10)15/h3-8,17H,1-2H3. The number of para-hydroxylation sites is 1. The molecule has 2 rings (SSSR count). The first-order valence-corrected chi connectivity index (χ1v) is 7.43. The zero-order valence-electron chi connectivity index (χ0n) is 10.9. The predicted molar refractivity (Wildman–Crippen MR) is 83.5 cm³/mol. The van der Waals surface area contributed by atoms with Crippen LogP contribution < -0.4 is 5.32 Å². The van der Waals surface area contributed by atoms with Crippen molar-refractivity contribution >= 4 is 43.5 Å². The van der Waals surface area contributed by atoms with E-state index in [-0.39, 0.29) is 0 Å². The summed E-state index contributed by atoms with van der Waals surface area (Å²) < 4.78 is 11.8. The van der Waals surface area contributed by atoms with Crippen molar-refractivity contribution in [1.82, 2.24) is 0 Å². The number of ether oxygens (including phenoxy) is 1. The normalized spacial score (nSPS) is 13.6. The van der Waals surface area contributed by atoms with Gasteiger partial charge in [0.25, 0.3) is 0 Å².